The van der Waals surface area contributed by atoms with Crippen LogP contribution in [0, 0.1) is 255 Å². The van der Waals surface area contributed by atoms with Gasteiger partial charge in [0.1, 0.15) is 0 Å². The van der Waals surface area contributed by atoms with Crippen molar-refractivity contribution in [3.63, 3.8) is 0 Å². The van der Waals surface area contributed by atoms with Crippen molar-refractivity contribution in [1.82, 2.24) is 0 Å². The van der Waals surface area contributed by atoms with Gasteiger partial charge in [0, 0.05) is 0 Å². The minimum Gasteiger partial charge on any atom is 3.00 e. The van der Waals surface area contributed by atoms with Crippen molar-refractivity contribution in [3.8, 4) is 89.4 Å². The summed E-state index contributed by atoms with van der Waals surface area (Å²) in [6, 6.07) is 0. The number of hydrogen-bond donors (Lipinski definition) is 0. The van der Waals surface area contributed by atoms with Crippen LogP contribution in [0.5, 0.6) is 0 Å². The number of nitrogens with zero attached hydrogens (tertiary/aromatic N) is 18. The van der Waals surface area contributed by atoms with Gasteiger partial charge in [-0.1, -0.05) is 0 Å². The van der Waals surface area contributed by atoms with Gasteiger partial charge in [-0.2, -0.15) is 0 Å². The molecular weight excluding hydrogens is 914 g/mol. The van der Waals surface area contributed by atoms with Crippen LogP contribution in [0.25, 0.3) is 0 Å². The minimum atomic E-state index is -6.17. The first-order valence-corrected chi connectivity index (χ1v) is 17.1. The van der Waals surface area contributed by atoms with E-state index >= 15 is 0 Å². The van der Waals surface area contributed by atoms with E-state index in [2.05, 4.69) is 0 Å². The van der Waals surface area contributed by atoms with Crippen molar-refractivity contribution in [2.75, 3.05) is 0 Å². The molecule has 0 aromatic carbocycles. The van der Waals surface area contributed by atoms with Gasteiger partial charge in [0.05, 0.1) is 0 Å². The van der Waals surface area contributed by atoms with Crippen LogP contribution in [0.2, 0.25) is 0 Å². The van der Waals surface area contributed by atoms with E-state index in [4.69, 9.17) is 94.7 Å². The molecule has 0 rings (SSSR count). The summed E-state index contributed by atoms with van der Waals surface area (Å²) < 4.78 is 0. The zero-order chi connectivity index (χ0) is 32.0. The summed E-state index contributed by atoms with van der Waals surface area (Å²) in [6.45, 7) is 0. The third-order valence-corrected chi connectivity index (χ3v) is 14.7. The summed E-state index contributed by atoms with van der Waals surface area (Å²) in [7, 11) is -18.5. The van der Waals surface area contributed by atoms with Gasteiger partial charge in [0.15, 0.2) is 0 Å². The van der Waals surface area contributed by atoms with E-state index in [9.17, 15) is 0 Å². The van der Waals surface area contributed by atoms with E-state index in [0.29, 0.717) is 0 Å². The van der Waals surface area contributed by atoms with Gasteiger partial charge in [-0.05, 0) is 0 Å². The first-order valence-electron chi connectivity index (χ1n) is 7.21. The molecule has 18 nitrogen and oxygen atoms in total. The van der Waals surface area contributed by atoms with Gasteiger partial charge in [-0.25, -0.2) is 0 Å². The Labute approximate surface area is 283 Å². The fraction of sp³-hybridized carbons (Fsp3) is 0. The molecule has 0 spiro atoms. The maximum Gasteiger partial charge on any atom is 3.00 e. The van der Waals surface area contributed by atoms with Gasteiger partial charge >= 0.3 is 288 Å². The van der Waals surface area contributed by atoms with E-state index in [1.165, 1.54) is 0 Å². The Morgan fingerprint density at radius 2 is 0.220 bits per heavy atom. The monoisotopic (exact) mass is 914 g/mol. The number of rotatable bonds is 0. The Bertz CT molecular complexity index is 1410. The van der Waals surface area contributed by atoms with Crippen LogP contribution in [-0.4, -0.2) is 0 Å². The average molecular weight is 914 g/mol. The van der Waals surface area contributed by atoms with E-state index < -0.39 is 32.2 Å². The molecule has 23 heteroatoms. The Balaban J connectivity index is -0.000000154. The molecule has 0 radical (unpaired) electrons. The van der Waals surface area contributed by atoms with Crippen molar-refractivity contribution in [2.24, 2.45) is 0 Å². The van der Waals surface area contributed by atoms with E-state index in [-0.39, 0.29) is 71.2 Å². The Morgan fingerprint density at radius 3 is 0.220 bits per heavy atom. The molecule has 41 heavy (non-hydrogen) atoms. The van der Waals surface area contributed by atoms with Gasteiger partial charge in [0.2, 0.25) is 0 Å². The molecule has 0 bridgehead atoms. The first kappa shape index (κ1) is 45.7. The second-order valence-electron chi connectivity index (χ2n) is 5.40. The Morgan fingerprint density at radius 1 is 0.171 bits per heavy atom. The summed E-state index contributed by atoms with van der Waals surface area (Å²) in [6.07, 6.45) is 0. The first-order chi connectivity index (χ1) is 17.9. The third kappa shape index (κ3) is 5.20. The maximum atomic E-state index is 8.58. The molecule has 0 fully saturated rings. The molecule has 0 N–H and O–H groups in total. The number of nitriles is 18. The number of hydrogen-bond acceptors (Lipinski definition) is 18. The van der Waals surface area contributed by atoms with Crippen LogP contribution in [-0.2, 0) is 32.2 Å². The molecule has 0 aromatic heterocycles. The molecule has 0 saturated heterocycles. The molecule has 0 saturated carbocycles. The van der Waals surface area contributed by atoms with E-state index in [1.807, 2.05) is 0 Å². The van der Waals surface area contributed by atoms with Crippen molar-refractivity contribution < 1.29 is 103 Å². The summed E-state index contributed by atoms with van der Waals surface area (Å²) in [5.74, 6) is 0. The second kappa shape index (κ2) is 11.9. The van der Waals surface area contributed by atoms with Gasteiger partial charge < -0.3 is 0 Å². The predicted octanol–water partition coefficient (Wildman–Crippen LogP) is 0.295. The SMILES string of the molecule is N#[C][Fe-2]([C]#N)([C]#N)([C]#N)([C]#N)[C]#N.N#[C][Fe-2]([C]#N)([C]#N)([C]#N)([C]#N)[C]#N.N#[C][Fe-2]([C]#N)([C]#N)([C]#N)([C]#N)[C]#N.[La+3].[La+3]. The van der Waals surface area contributed by atoms with Gasteiger partial charge in [-0.3, -0.25) is 0 Å². The Hall–Kier alpha value is -5.23. The zero-order valence-corrected chi connectivity index (χ0v) is 29.8. The fourth-order valence-electron chi connectivity index (χ4n) is 0.795. The van der Waals surface area contributed by atoms with Crippen LogP contribution < -0.4 is 0 Å². The quantitative estimate of drug-likeness (QED) is 0.295. The van der Waals surface area contributed by atoms with Crippen LogP contribution in [0.4, 0.5) is 0 Å². The zero-order valence-electron chi connectivity index (χ0n) is 19.3. The summed E-state index contributed by atoms with van der Waals surface area (Å²) in [5.41, 5.74) is 0. The van der Waals surface area contributed by atoms with E-state index in [0.717, 1.165) is 89.4 Å². The molecule has 0 aliphatic rings. The third-order valence-electron chi connectivity index (χ3n) is 3.56. The smallest absolute Gasteiger partial charge is 3.00 e. The van der Waals surface area contributed by atoms with Crippen LogP contribution in [0.1, 0.15) is 0 Å². The fourth-order valence-corrected chi connectivity index (χ4v) is 3.28. The molecule has 0 aliphatic carbocycles. The molecule has 0 unspecified atom stereocenters. The predicted molar refractivity (Wildman–Crippen MR) is 101 cm³/mol. The van der Waals surface area contributed by atoms with Crippen molar-refractivity contribution in [2.45, 2.75) is 0 Å². The van der Waals surface area contributed by atoms with Crippen LogP contribution >= 0.6 is 0 Å². The van der Waals surface area contributed by atoms with Crippen molar-refractivity contribution in [1.29, 1.82) is 94.7 Å². The molecule has 0 heterocycles. The topological polar surface area (TPSA) is 428 Å². The van der Waals surface area contributed by atoms with Crippen LogP contribution in [0.15, 0.2) is 0 Å². The van der Waals surface area contributed by atoms with Gasteiger partial charge in [-0.15, -0.1) is 0 Å². The van der Waals surface area contributed by atoms with Crippen LogP contribution in [0.3, 0.4) is 0 Å². The maximum absolute atomic E-state index is 8.58. The minimum absolute atomic E-state index is 0. The summed E-state index contributed by atoms with van der Waals surface area (Å²) >= 11 is 0. The van der Waals surface area contributed by atoms with E-state index in [1.54, 1.807) is 0 Å². The standard InChI is InChI=1S/18CN.3Fe.2La/c18*1-2;;;;;/q;;;;;;;;;;;;;;;;;;3*-2;2*+3. The largest absolute Gasteiger partial charge is 3.00 e. The van der Waals surface area contributed by atoms with Crippen molar-refractivity contribution in [3.05, 3.63) is 0 Å². The summed E-state index contributed by atoms with van der Waals surface area (Å²) in [4.78, 5) is 18.6. The Kier molecular flexibility index (Phi) is 13.2. The molecule has 0 aliphatic heterocycles. The average Bonchev–Trinajstić information content (AvgIpc) is 3.06. The van der Waals surface area contributed by atoms with Crippen molar-refractivity contribution >= 4 is 0 Å². The molecule has 0 aromatic rings. The second-order valence-corrected chi connectivity index (χ2v) is 22.3. The molecule has 192 valence electrons. The summed E-state index contributed by atoms with van der Waals surface area (Å²) in [5, 5.41) is 154. The molecular formula is C18Fe3La2N18. The van der Waals surface area contributed by atoms with Gasteiger partial charge in [0.25, 0.3) is 0 Å². The molecule has 0 atom stereocenters. The normalized spacial score (nSPS) is 12.7. The molecule has 0 amide bonds.